The van der Waals surface area contributed by atoms with Crippen molar-refractivity contribution in [3.63, 3.8) is 0 Å². The molecule has 0 fully saturated rings. The number of nitrogens with one attached hydrogen (secondary N) is 2. The van der Waals surface area contributed by atoms with E-state index in [0.29, 0.717) is 17.0 Å². The van der Waals surface area contributed by atoms with Crippen LogP contribution in [0.2, 0.25) is 0 Å². The molecule has 0 atom stereocenters. The second kappa shape index (κ2) is 10.3. The quantitative estimate of drug-likeness (QED) is 0.319. The first-order valence-corrected chi connectivity index (χ1v) is 8.03. The smallest absolute Gasteiger partial charge is 0.343 e. The first-order chi connectivity index (χ1) is 13.1. The maximum atomic E-state index is 11.8. The van der Waals surface area contributed by atoms with Gasteiger partial charge >= 0.3 is 5.97 Å². The molecule has 2 aromatic carbocycles. The molecule has 2 aromatic rings. The first kappa shape index (κ1) is 19.6. The molecule has 0 aliphatic heterocycles. The third kappa shape index (κ3) is 7.39. The van der Waals surface area contributed by atoms with E-state index >= 15 is 0 Å². The number of benzene rings is 2. The Labute approximate surface area is 156 Å². The zero-order valence-corrected chi connectivity index (χ0v) is 14.7. The fraction of sp³-hybridized carbons (Fsp3) is 0.158. The molecule has 0 saturated carbocycles. The van der Waals surface area contributed by atoms with Crippen LogP contribution in [0.1, 0.15) is 12.0 Å². The lowest BCUT2D eigenvalue weighted by Crippen LogP contribution is -2.24. The van der Waals surface area contributed by atoms with Crippen molar-refractivity contribution in [1.82, 2.24) is 5.43 Å². The molecule has 0 unspecified atom stereocenters. The number of methoxy groups -OCH3 is 1. The highest BCUT2D eigenvalue weighted by molar-refractivity contribution is 6.03. The van der Waals surface area contributed by atoms with E-state index in [1.165, 1.54) is 13.3 Å². The minimum atomic E-state index is -0.544. The Bertz CT molecular complexity index is 821. The van der Waals surface area contributed by atoms with Crippen molar-refractivity contribution in [2.45, 2.75) is 6.42 Å². The van der Waals surface area contributed by atoms with Crippen LogP contribution in [-0.4, -0.2) is 37.7 Å². The van der Waals surface area contributed by atoms with Crippen molar-refractivity contribution in [2.24, 2.45) is 5.10 Å². The van der Waals surface area contributed by atoms with Gasteiger partial charge in [0.2, 0.25) is 11.8 Å². The van der Waals surface area contributed by atoms with Crippen LogP contribution >= 0.6 is 0 Å². The summed E-state index contributed by atoms with van der Waals surface area (Å²) < 4.78 is 9.75. The van der Waals surface area contributed by atoms with Gasteiger partial charge in [-0.2, -0.15) is 5.10 Å². The summed E-state index contributed by atoms with van der Waals surface area (Å²) >= 11 is 0. The Morgan fingerprint density at radius 1 is 1.04 bits per heavy atom. The fourth-order valence-corrected chi connectivity index (χ4v) is 1.98. The van der Waals surface area contributed by atoms with E-state index in [9.17, 15) is 14.4 Å². The zero-order valence-electron chi connectivity index (χ0n) is 14.7. The molecule has 2 amide bonds. The molecule has 8 heteroatoms. The summed E-state index contributed by atoms with van der Waals surface area (Å²) in [6, 6.07) is 15.6. The highest BCUT2D eigenvalue weighted by Crippen LogP contribution is 2.12. The lowest BCUT2D eigenvalue weighted by atomic mass is 10.2. The number of para-hydroxylation sites is 1. The Hall–Kier alpha value is -3.68. The average molecular weight is 369 g/mol. The van der Waals surface area contributed by atoms with E-state index in [1.807, 2.05) is 6.07 Å². The van der Waals surface area contributed by atoms with E-state index in [1.54, 1.807) is 48.5 Å². The number of carbonyl (C=O) groups is 3. The van der Waals surface area contributed by atoms with Gasteiger partial charge in [-0.15, -0.1) is 0 Å². The number of rotatable bonds is 8. The van der Waals surface area contributed by atoms with Gasteiger partial charge in [0.1, 0.15) is 12.2 Å². The molecule has 8 nitrogen and oxygen atoms in total. The topological polar surface area (TPSA) is 106 Å². The number of ether oxygens (including phenoxy) is 2. The summed E-state index contributed by atoms with van der Waals surface area (Å²) in [5.41, 5.74) is 3.54. The van der Waals surface area contributed by atoms with Crippen LogP contribution in [-0.2, 0) is 19.1 Å². The lowest BCUT2D eigenvalue weighted by molar-refractivity contribution is -0.143. The summed E-state index contributed by atoms with van der Waals surface area (Å²) in [6.07, 6.45) is 1.05. The number of hydrogen-bond acceptors (Lipinski definition) is 6. The summed E-state index contributed by atoms with van der Waals surface area (Å²) in [7, 11) is 1.28. The Kier molecular flexibility index (Phi) is 7.52. The fourth-order valence-electron chi connectivity index (χ4n) is 1.98. The lowest BCUT2D eigenvalue weighted by Gasteiger charge is -2.05. The van der Waals surface area contributed by atoms with E-state index in [2.05, 4.69) is 20.6 Å². The monoisotopic (exact) mass is 369 g/mol. The maximum Gasteiger partial charge on any atom is 0.343 e. The van der Waals surface area contributed by atoms with Crippen molar-refractivity contribution in [2.75, 3.05) is 19.0 Å². The molecule has 0 saturated heterocycles. The predicted octanol–water partition coefficient (Wildman–Crippen LogP) is 1.72. The van der Waals surface area contributed by atoms with Crippen molar-refractivity contribution < 1.29 is 23.9 Å². The number of anilines is 1. The molecule has 0 bridgehead atoms. The molecule has 0 radical (unpaired) electrons. The summed E-state index contributed by atoms with van der Waals surface area (Å²) in [5.74, 6) is -1.02. The minimum Gasteiger partial charge on any atom is -0.482 e. The molecule has 0 aliphatic carbocycles. The van der Waals surface area contributed by atoms with E-state index in [-0.39, 0.29) is 13.0 Å². The van der Waals surface area contributed by atoms with Crippen molar-refractivity contribution in [1.29, 1.82) is 0 Å². The van der Waals surface area contributed by atoms with Crippen LogP contribution in [0.15, 0.2) is 59.7 Å². The second-order valence-electron chi connectivity index (χ2n) is 5.32. The number of carbonyl (C=O) groups excluding carboxylic acids is 3. The van der Waals surface area contributed by atoms with Gasteiger partial charge in [-0.3, -0.25) is 9.59 Å². The molecule has 140 valence electrons. The van der Waals surface area contributed by atoms with Crippen molar-refractivity contribution >= 4 is 29.7 Å². The van der Waals surface area contributed by atoms with E-state index in [0.717, 1.165) is 0 Å². The second-order valence-corrected chi connectivity index (χ2v) is 5.32. The minimum absolute atomic E-state index is 0.204. The Balaban J connectivity index is 1.79. The van der Waals surface area contributed by atoms with Crippen LogP contribution in [0.5, 0.6) is 5.75 Å². The normalized spacial score (nSPS) is 10.3. The highest BCUT2D eigenvalue weighted by Gasteiger charge is 2.08. The largest absolute Gasteiger partial charge is 0.482 e. The van der Waals surface area contributed by atoms with Gasteiger partial charge in [-0.25, -0.2) is 10.2 Å². The third-order valence-corrected chi connectivity index (χ3v) is 3.22. The molecule has 27 heavy (non-hydrogen) atoms. The standard InChI is InChI=1S/C19H19N3O5/c1-26-19(25)13-27-16-9-5-6-14(10-16)12-20-22-18(24)11-17(23)21-15-7-3-2-4-8-15/h2-10,12H,11,13H2,1H3,(H,21,23)(H,22,24). The van der Waals surface area contributed by atoms with Gasteiger partial charge in [0.15, 0.2) is 6.61 Å². The predicted molar refractivity (Wildman–Crippen MR) is 99.4 cm³/mol. The molecule has 0 aromatic heterocycles. The Morgan fingerprint density at radius 3 is 2.56 bits per heavy atom. The number of hydrazone groups is 1. The molecule has 2 N–H and O–H groups in total. The number of amides is 2. The average Bonchev–Trinajstić information content (AvgIpc) is 2.67. The van der Waals surface area contributed by atoms with E-state index in [4.69, 9.17) is 4.74 Å². The molecular weight excluding hydrogens is 350 g/mol. The zero-order chi connectivity index (χ0) is 19.5. The first-order valence-electron chi connectivity index (χ1n) is 8.03. The Morgan fingerprint density at radius 2 is 1.81 bits per heavy atom. The maximum absolute atomic E-state index is 11.8. The summed E-state index contributed by atoms with van der Waals surface area (Å²) in [6.45, 7) is -0.204. The molecule has 0 aliphatic rings. The SMILES string of the molecule is COC(=O)COc1cccc(C=NNC(=O)CC(=O)Nc2ccccc2)c1. The van der Waals surface area contributed by atoms with E-state index < -0.39 is 17.8 Å². The van der Waals surface area contributed by atoms with Crippen LogP contribution < -0.4 is 15.5 Å². The highest BCUT2D eigenvalue weighted by atomic mass is 16.6. The van der Waals surface area contributed by atoms with Gasteiger partial charge in [0.25, 0.3) is 0 Å². The molecular formula is C19H19N3O5. The number of hydrogen-bond donors (Lipinski definition) is 2. The van der Waals surface area contributed by atoms with Crippen molar-refractivity contribution in [3.8, 4) is 5.75 Å². The van der Waals surface area contributed by atoms with Gasteiger partial charge in [0, 0.05) is 5.69 Å². The summed E-state index contributed by atoms with van der Waals surface area (Å²) in [5, 5.41) is 6.41. The van der Waals surface area contributed by atoms with Crippen LogP contribution in [0.25, 0.3) is 0 Å². The number of nitrogens with zero attached hydrogens (tertiary/aromatic N) is 1. The van der Waals surface area contributed by atoms with Gasteiger partial charge in [-0.05, 0) is 29.8 Å². The van der Waals surface area contributed by atoms with Crippen LogP contribution in [0.3, 0.4) is 0 Å². The van der Waals surface area contributed by atoms with Crippen molar-refractivity contribution in [3.05, 3.63) is 60.2 Å². The van der Waals surface area contributed by atoms with Crippen LogP contribution in [0.4, 0.5) is 5.69 Å². The number of esters is 1. The third-order valence-electron chi connectivity index (χ3n) is 3.22. The summed E-state index contributed by atoms with van der Waals surface area (Å²) in [4.78, 5) is 34.6. The molecule has 2 rings (SSSR count). The van der Waals surface area contributed by atoms with Gasteiger partial charge in [0.05, 0.1) is 13.3 Å². The molecule has 0 spiro atoms. The van der Waals surface area contributed by atoms with Gasteiger partial charge in [-0.1, -0.05) is 30.3 Å². The van der Waals surface area contributed by atoms with Crippen LogP contribution in [0, 0.1) is 0 Å². The van der Waals surface area contributed by atoms with Gasteiger partial charge < -0.3 is 14.8 Å². The molecule has 0 heterocycles.